The molecule has 2 rings (SSSR count). The summed E-state index contributed by atoms with van der Waals surface area (Å²) in [6.45, 7) is 2.18. The molecule has 0 radical (unpaired) electrons. The molecule has 2 amide bonds. The van der Waals surface area contributed by atoms with E-state index in [0.29, 0.717) is 12.2 Å². The van der Waals surface area contributed by atoms with Crippen LogP contribution >= 0.6 is 0 Å². The largest absolute Gasteiger partial charge is 0.374 e. The molecular weight excluding hydrogens is 294 g/mol. The average Bonchev–Trinajstić information content (AvgIpc) is 2.54. The number of pyridine rings is 1. The first-order valence-corrected chi connectivity index (χ1v) is 7.20. The van der Waals surface area contributed by atoms with E-state index in [1.807, 2.05) is 37.3 Å². The van der Waals surface area contributed by atoms with Crippen molar-refractivity contribution in [3.63, 3.8) is 0 Å². The number of aromatic nitrogens is 1. The molecule has 6 heteroatoms. The minimum absolute atomic E-state index is 0.00914. The second-order valence-corrected chi connectivity index (χ2v) is 5.18. The van der Waals surface area contributed by atoms with Gasteiger partial charge in [-0.25, -0.2) is 0 Å². The van der Waals surface area contributed by atoms with Crippen molar-refractivity contribution in [3.8, 4) is 0 Å². The monoisotopic (exact) mass is 313 g/mol. The Labute approximate surface area is 134 Å². The molecule has 1 heterocycles. The molecule has 0 aliphatic heterocycles. The van der Waals surface area contributed by atoms with Crippen LogP contribution in [-0.2, 0) is 16.1 Å². The maximum absolute atomic E-state index is 12.1. The Morgan fingerprint density at radius 3 is 2.65 bits per heavy atom. The zero-order chi connectivity index (χ0) is 16.7. The summed E-state index contributed by atoms with van der Waals surface area (Å²) in [5.74, 6) is -1.06. The smallest absolute Gasteiger partial charge is 0.253 e. The van der Waals surface area contributed by atoms with E-state index >= 15 is 0 Å². The number of carbonyl (C=O) groups excluding carboxylic acids is 2. The van der Waals surface area contributed by atoms with Crippen molar-refractivity contribution in [1.29, 1.82) is 0 Å². The van der Waals surface area contributed by atoms with Gasteiger partial charge in [-0.1, -0.05) is 30.3 Å². The highest BCUT2D eigenvalue weighted by Crippen LogP contribution is 2.03. The summed E-state index contributed by atoms with van der Waals surface area (Å²) in [4.78, 5) is 27.6. The van der Waals surface area contributed by atoms with Gasteiger partial charge in [0, 0.05) is 12.4 Å². The number of nitrogens with one attached hydrogen (secondary N) is 1. The molecule has 0 saturated carbocycles. The van der Waals surface area contributed by atoms with Crippen molar-refractivity contribution in [2.45, 2.75) is 19.6 Å². The third-order valence-electron chi connectivity index (χ3n) is 3.18. The number of carbonyl (C=O) groups is 2. The summed E-state index contributed by atoms with van der Waals surface area (Å²) in [6, 6.07) is 10.3. The minimum atomic E-state index is -0.897. The van der Waals surface area contributed by atoms with Gasteiger partial charge in [0.05, 0.1) is 18.8 Å². The molecule has 2 aromatic rings. The standard InChI is InChI=1S/C17H19N3O3/c1-12-7-14(9-19-8-12)17(22)20-15(16(18)21)11-23-10-13-5-3-2-4-6-13/h2-9,15H,10-11H2,1H3,(H2,18,21)(H,20,22). The number of amides is 2. The fraction of sp³-hybridized carbons (Fsp3) is 0.235. The molecule has 1 atom stereocenters. The van der Waals surface area contributed by atoms with Gasteiger partial charge in [0.2, 0.25) is 5.91 Å². The quantitative estimate of drug-likeness (QED) is 0.803. The lowest BCUT2D eigenvalue weighted by Gasteiger charge is -2.16. The van der Waals surface area contributed by atoms with Crippen LogP contribution in [0, 0.1) is 6.92 Å². The highest BCUT2D eigenvalue weighted by atomic mass is 16.5. The Morgan fingerprint density at radius 2 is 2.00 bits per heavy atom. The van der Waals surface area contributed by atoms with Gasteiger partial charge in [-0.2, -0.15) is 0 Å². The van der Waals surface area contributed by atoms with Crippen LogP contribution in [0.25, 0.3) is 0 Å². The van der Waals surface area contributed by atoms with E-state index in [0.717, 1.165) is 11.1 Å². The van der Waals surface area contributed by atoms with Crippen molar-refractivity contribution in [2.24, 2.45) is 5.73 Å². The molecule has 23 heavy (non-hydrogen) atoms. The Morgan fingerprint density at radius 1 is 1.26 bits per heavy atom. The second-order valence-electron chi connectivity index (χ2n) is 5.18. The van der Waals surface area contributed by atoms with Crippen molar-refractivity contribution in [1.82, 2.24) is 10.3 Å². The molecular formula is C17H19N3O3. The molecule has 1 aromatic carbocycles. The Hall–Kier alpha value is -2.73. The molecule has 0 bridgehead atoms. The predicted octanol–water partition coefficient (Wildman–Crippen LogP) is 1.19. The summed E-state index contributed by atoms with van der Waals surface area (Å²) in [5.41, 5.74) is 7.53. The number of aryl methyl sites for hydroxylation is 1. The second kappa shape index (κ2) is 8.05. The van der Waals surface area contributed by atoms with Crippen molar-refractivity contribution >= 4 is 11.8 Å². The molecule has 0 spiro atoms. The van der Waals surface area contributed by atoms with E-state index in [4.69, 9.17) is 10.5 Å². The highest BCUT2D eigenvalue weighted by molar-refractivity contribution is 5.97. The number of benzene rings is 1. The molecule has 6 nitrogen and oxygen atoms in total. The molecule has 0 aliphatic carbocycles. The summed E-state index contributed by atoms with van der Waals surface area (Å²) in [5, 5.41) is 2.57. The number of hydrogen-bond acceptors (Lipinski definition) is 4. The van der Waals surface area contributed by atoms with E-state index in [2.05, 4.69) is 10.3 Å². The van der Waals surface area contributed by atoms with Gasteiger partial charge in [0.1, 0.15) is 6.04 Å². The van der Waals surface area contributed by atoms with Gasteiger partial charge in [0.15, 0.2) is 0 Å². The Kier molecular flexibility index (Phi) is 5.82. The van der Waals surface area contributed by atoms with Gasteiger partial charge in [-0.05, 0) is 24.1 Å². The molecule has 1 unspecified atom stereocenters. The van der Waals surface area contributed by atoms with Crippen LogP contribution in [0.1, 0.15) is 21.5 Å². The first kappa shape index (κ1) is 16.6. The van der Waals surface area contributed by atoms with E-state index in [9.17, 15) is 9.59 Å². The predicted molar refractivity (Wildman–Crippen MR) is 85.5 cm³/mol. The van der Waals surface area contributed by atoms with Crippen molar-refractivity contribution < 1.29 is 14.3 Å². The lowest BCUT2D eigenvalue weighted by Crippen LogP contribution is -2.47. The van der Waals surface area contributed by atoms with Crippen LogP contribution < -0.4 is 11.1 Å². The maximum atomic E-state index is 12.1. The van der Waals surface area contributed by atoms with Crippen LogP contribution in [0.15, 0.2) is 48.8 Å². The molecule has 3 N–H and O–H groups in total. The minimum Gasteiger partial charge on any atom is -0.374 e. The SMILES string of the molecule is Cc1cncc(C(=O)NC(COCc2ccccc2)C(N)=O)c1. The summed E-state index contributed by atoms with van der Waals surface area (Å²) in [7, 11) is 0. The summed E-state index contributed by atoms with van der Waals surface area (Å²) in [6.07, 6.45) is 3.08. The zero-order valence-electron chi connectivity index (χ0n) is 12.9. The maximum Gasteiger partial charge on any atom is 0.253 e. The number of rotatable bonds is 7. The van der Waals surface area contributed by atoms with Gasteiger partial charge >= 0.3 is 0 Å². The topological polar surface area (TPSA) is 94.3 Å². The molecule has 0 fully saturated rings. The molecule has 0 aliphatic rings. The Bertz CT molecular complexity index is 674. The average molecular weight is 313 g/mol. The third-order valence-corrected chi connectivity index (χ3v) is 3.18. The molecule has 0 saturated heterocycles. The summed E-state index contributed by atoms with van der Waals surface area (Å²) >= 11 is 0. The van der Waals surface area contributed by atoms with E-state index in [-0.39, 0.29) is 6.61 Å². The van der Waals surface area contributed by atoms with Crippen LogP contribution in [0.3, 0.4) is 0 Å². The van der Waals surface area contributed by atoms with Gasteiger partial charge in [0.25, 0.3) is 5.91 Å². The van der Waals surface area contributed by atoms with E-state index in [1.54, 1.807) is 12.3 Å². The zero-order valence-corrected chi connectivity index (χ0v) is 12.9. The van der Waals surface area contributed by atoms with Gasteiger partial charge in [-0.15, -0.1) is 0 Å². The lowest BCUT2D eigenvalue weighted by atomic mass is 10.2. The van der Waals surface area contributed by atoms with Gasteiger partial charge in [-0.3, -0.25) is 14.6 Å². The first-order chi connectivity index (χ1) is 11.1. The first-order valence-electron chi connectivity index (χ1n) is 7.20. The van der Waals surface area contributed by atoms with E-state index < -0.39 is 17.9 Å². The van der Waals surface area contributed by atoms with E-state index in [1.165, 1.54) is 6.20 Å². The van der Waals surface area contributed by atoms with Crippen molar-refractivity contribution in [3.05, 3.63) is 65.5 Å². The van der Waals surface area contributed by atoms with Crippen molar-refractivity contribution in [2.75, 3.05) is 6.61 Å². The van der Waals surface area contributed by atoms with Crippen LogP contribution in [-0.4, -0.2) is 29.4 Å². The van der Waals surface area contributed by atoms with Crippen LogP contribution in [0.4, 0.5) is 0 Å². The Balaban J connectivity index is 1.91. The third kappa shape index (κ3) is 5.19. The number of primary amides is 1. The fourth-order valence-electron chi connectivity index (χ4n) is 1.98. The lowest BCUT2D eigenvalue weighted by molar-refractivity contribution is -0.121. The number of nitrogens with two attached hydrogens (primary N) is 1. The number of hydrogen-bond donors (Lipinski definition) is 2. The molecule has 1 aromatic heterocycles. The normalized spacial score (nSPS) is 11.7. The van der Waals surface area contributed by atoms with Gasteiger partial charge < -0.3 is 15.8 Å². The highest BCUT2D eigenvalue weighted by Gasteiger charge is 2.19. The summed E-state index contributed by atoms with van der Waals surface area (Å²) < 4.78 is 5.47. The fourth-order valence-corrected chi connectivity index (χ4v) is 1.98. The van der Waals surface area contributed by atoms with Crippen LogP contribution in [0.5, 0.6) is 0 Å². The number of nitrogens with zero attached hydrogens (tertiary/aromatic N) is 1. The number of ether oxygens (including phenoxy) is 1. The molecule has 120 valence electrons. The van der Waals surface area contributed by atoms with Crippen LogP contribution in [0.2, 0.25) is 0 Å².